The average molecular weight is 366 g/mol. The van der Waals surface area contributed by atoms with Crippen molar-refractivity contribution in [2.75, 3.05) is 19.0 Å². The minimum absolute atomic E-state index is 0.260. The van der Waals surface area contributed by atoms with E-state index in [9.17, 15) is 4.79 Å². The maximum atomic E-state index is 12.4. The summed E-state index contributed by atoms with van der Waals surface area (Å²) in [4.78, 5) is 12.4. The third-order valence-electron chi connectivity index (χ3n) is 3.91. The van der Waals surface area contributed by atoms with E-state index in [1.165, 1.54) is 0 Å². The van der Waals surface area contributed by atoms with E-state index in [-0.39, 0.29) is 5.91 Å². The van der Waals surface area contributed by atoms with Gasteiger partial charge in [-0.25, -0.2) is 0 Å². The van der Waals surface area contributed by atoms with Gasteiger partial charge in [0.15, 0.2) is 0 Å². The highest BCUT2D eigenvalue weighted by Gasteiger charge is 2.16. The number of hydrogen-bond donors (Lipinski definition) is 1. The molecule has 3 aromatic rings. The summed E-state index contributed by atoms with van der Waals surface area (Å²) in [5, 5.41) is 4.62. The number of nitrogens with one attached hydrogen (secondary N) is 1. The van der Waals surface area contributed by atoms with Crippen LogP contribution in [0, 0.1) is 0 Å². The van der Waals surface area contributed by atoms with Crippen molar-refractivity contribution in [2.45, 2.75) is 6.54 Å². The second-order valence-electron chi connectivity index (χ2n) is 5.46. The minimum atomic E-state index is -0.260. The molecular weight excluding hydrogens is 349 g/mol. The molecule has 1 amide bonds. The Bertz CT molecular complexity index is 899. The highest BCUT2D eigenvalue weighted by molar-refractivity contribution is 6.42. The normalized spacial score (nSPS) is 11.2. The fourth-order valence-corrected chi connectivity index (χ4v) is 2.99. The summed E-state index contributed by atoms with van der Waals surface area (Å²) in [6, 6.07) is 9.35. The largest absolute Gasteiger partial charge is 0.383 e. The molecule has 0 bridgehead atoms. The van der Waals surface area contributed by atoms with Crippen LogP contribution in [-0.4, -0.2) is 28.8 Å². The van der Waals surface area contributed by atoms with Gasteiger partial charge < -0.3 is 19.2 Å². The first kappa shape index (κ1) is 16.9. The van der Waals surface area contributed by atoms with Gasteiger partial charge in [0.1, 0.15) is 10.8 Å². The first-order chi connectivity index (χ1) is 11.5. The Hall–Kier alpha value is -1.95. The number of benzene rings is 1. The number of fused-ring (bicyclic) bond motifs is 1. The number of carbonyl (C=O) groups excluding carboxylic acids is 1. The summed E-state index contributed by atoms with van der Waals surface area (Å²) in [7, 11) is 3.38. The zero-order valence-corrected chi connectivity index (χ0v) is 14.9. The van der Waals surface area contributed by atoms with Gasteiger partial charge in [0, 0.05) is 43.5 Å². The van der Waals surface area contributed by atoms with E-state index >= 15 is 0 Å². The van der Waals surface area contributed by atoms with E-state index in [0.29, 0.717) is 28.2 Å². The van der Waals surface area contributed by atoms with E-state index in [1.54, 1.807) is 24.8 Å². The van der Waals surface area contributed by atoms with Gasteiger partial charge in [0.05, 0.1) is 11.6 Å². The van der Waals surface area contributed by atoms with Crippen molar-refractivity contribution in [1.82, 2.24) is 9.13 Å². The Morgan fingerprint density at radius 2 is 2.04 bits per heavy atom. The molecule has 0 spiro atoms. The maximum Gasteiger partial charge on any atom is 0.272 e. The number of carbonyl (C=O) groups is 1. The Morgan fingerprint density at radius 1 is 1.25 bits per heavy atom. The molecule has 24 heavy (non-hydrogen) atoms. The number of rotatable bonds is 5. The lowest BCUT2D eigenvalue weighted by atomic mass is 10.2. The number of aromatic nitrogens is 2. The molecule has 0 saturated carbocycles. The number of methoxy groups -OCH3 is 1. The zero-order chi connectivity index (χ0) is 17.3. The molecule has 1 aromatic carbocycles. The van der Waals surface area contributed by atoms with Gasteiger partial charge in [-0.1, -0.05) is 23.2 Å². The molecule has 0 fully saturated rings. The van der Waals surface area contributed by atoms with Crippen LogP contribution < -0.4 is 5.32 Å². The summed E-state index contributed by atoms with van der Waals surface area (Å²) < 4.78 is 8.78. The quantitative estimate of drug-likeness (QED) is 0.736. The third kappa shape index (κ3) is 3.15. The molecule has 126 valence electrons. The van der Waals surface area contributed by atoms with E-state index in [0.717, 1.165) is 17.4 Å². The molecule has 0 unspecified atom stereocenters. The van der Waals surface area contributed by atoms with Crippen LogP contribution in [0.5, 0.6) is 0 Å². The van der Waals surface area contributed by atoms with Gasteiger partial charge in [0.25, 0.3) is 5.91 Å². The van der Waals surface area contributed by atoms with Crippen molar-refractivity contribution in [2.24, 2.45) is 7.05 Å². The van der Waals surface area contributed by atoms with Gasteiger partial charge >= 0.3 is 0 Å². The topological polar surface area (TPSA) is 48.2 Å². The van der Waals surface area contributed by atoms with Crippen LogP contribution in [0.4, 0.5) is 5.69 Å². The highest BCUT2D eigenvalue weighted by Crippen LogP contribution is 2.26. The van der Waals surface area contributed by atoms with E-state index < -0.39 is 0 Å². The van der Waals surface area contributed by atoms with Crippen LogP contribution in [0.2, 0.25) is 10.2 Å². The van der Waals surface area contributed by atoms with Crippen LogP contribution in [0.3, 0.4) is 0 Å². The Kier molecular flexibility index (Phi) is 4.85. The lowest BCUT2D eigenvalue weighted by Crippen LogP contribution is -2.15. The maximum absolute atomic E-state index is 12.4. The van der Waals surface area contributed by atoms with Crippen LogP contribution in [0.15, 0.2) is 36.5 Å². The monoisotopic (exact) mass is 365 g/mol. The molecule has 3 rings (SSSR count). The Morgan fingerprint density at radius 3 is 2.71 bits per heavy atom. The molecule has 2 heterocycles. The zero-order valence-electron chi connectivity index (χ0n) is 13.3. The van der Waals surface area contributed by atoms with Crippen LogP contribution in [0.25, 0.3) is 10.9 Å². The van der Waals surface area contributed by atoms with Crippen molar-refractivity contribution in [3.63, 3.8) is 0 Å². The molecule has 0 saturated heterocycles. The number of hydrogen-bond acceptors (Lipinski definition) is 2. The summed E-state index contributed by atoms with van der Waals surface area (Å²) in [5.74, 6) is -0.260. The second kappa shape index (κ2) is 6.89. The number of amides is 1. The van der Waals surface area contributed by atoms with Crippen molar-refractivity contribution >= 4 is 45.7 Å². The molecule has 2 aromatic heterocycles. The van der Waals surface area contributed by atoms with E-state index in [2.05, 4.69) is 9.88 Å². The molecule has 0 aliphatic heterocycles. The van der Waals surface area contributed by atoms with Crippen LogP contribution in [-0.2, 0) is 18.3 Å². The van der Waals surface area contributed by atoms with E-state index in [4.69, 9.17) is 27.9 Å². The molecule has 7 heteroatoms. The van der Waals surface area contributed by atoms with Crippen molar-refractivity contribution in [3.8, 4) is 0 Å². The van der Waals surface area contributed by atoms with Crippen LogP contribution >= 0.6 is 23.2 Å². The fourth-order valence-electron chi connectivity index (χ4n) is 2.62. The highest BCUT2D eigenvalue weighted by atomic mass is 35.5. The summed E-state index contributed by atoms with van der Waals surface area (Å²) in [6.07, 6.45) is 2.01. The summed E-state index contributed by atoms with van der Waals surface area (Å²) >= 11 is 12.0. The Balaban J connectivity index is 1.82. The standard InChI is InChI=1S/C17H17Cl2N3O2/c1-21-15(10-13(18)16(21)19)17(23)20-12-3-4-14-11(9-12)5-6-22(14)7-8-24-2/h3-6,9-10H,7-8H2,1-2H3,(H,20,23). The minimum Gasteiger partial charge on any atom is -0.383 e. The smallest absolute Gasteiger partial charge is 0.272 e. The molecule has 0 radical (unpaired) electrons. The van der Waals surface area contributed by atoms with Crippen molar-refractivity contribution in [1.29, 1.82) is 0 Å². The van der Waals surface area contributed by atoms with Gasteiger partial charge in [-0.15, -0.1) is 0 Å². The number of anilines is 1. The van der Waals surface area contributed by atoms with Gasteiger partial charge in [-0.05, 0) is 30.3 Å². The lowest BCUT2D eigenvalue weighted by Gasteiger charge is -2.08. The molecule has 0 aliphatic rings. The Labute approximate surface area is 149 Å². The second-order valence-corrected chi connectivity index (χ2v) is 6.22. The SMILES string of the molecule is COCCn1ccc2cc(NC(=O)c3cc(Cl)c(Cl)n3C)ccc21. The first-order valence-electron chi connectivity index (χ1n) is 7.41. The predicted octanol–water partition coefficient (Wildman–Crippen LogP) is 4.19. The van der Waals surface area contributed by atoms with E-state index in [1.807, 2.05) is 30.5 Å². The molecule has 0 atom stereocenters. The van der Waals surface area contributed by atoms with Gasteiger partial charge in [-0.3, -0.25) is 4.79 Å². The first-order valence-corrected chi connectivity index (χ1v) is 8.16. The van der Waals surface area contributed by atoms with Gasteiger partial charge in [0.2, 0.25) is 0 Å². The molecule has 5 nitrogen and oxygen atoms in total. The molecule has 0 aliphatic carbocycles. The number of nitrogens with zero attached hydrogens (tertiary/aromatic N) is 2. The van der Waals surface area contributed by atoms with Crippen molar-refractivity contribution in [3.05, 3.63) is 52.4 Å². The van der Waals surface area contributed by atoms with Gasteiger partial charge in [-0.2, -0.15) is 0 Å². The molecular formula is C17H17Cl2N3O2. The number of halogens is 2. The predicted molar refractivity (Wildman–Crippen MR) is 97.2 cm³/mol. The van der Waals surface area contributed by atoms with Crippen molar-refractivity contribution < 1.29 is 9.53 Å². The average Bonchev–Trinajstić information content (AvgIpc) is 3.08. The fraction of sp³-hybridized carbons (Fsp3) is 0.235. The summed E-state index contributed by atoms with van der Waals surface area (Å²) in [6.45, 7) is 1.43. The summed E-state index contributed by atoms with van der Waals surface area (Å²) in [5.41, 5.74) is 2.21. The number of ether oxygens (including phenoxy) is 1. The lowest BCUT2D eigenvalue weighted by molar-refractivity contribution is 0.101. The molecule has 1 N–H and O–H groups in total. The van der Waals surface area contributed by atoms with Crippen LogP contribution in [0.1, 0.15) is 10.5 Å². The third-order valence-corrected chi connectivity index (χ3v) is 4.76.